The molecule has 22 heavy (non-hydrogen) atoms. The lowest BCUT2D eigenvalue weighted by atomic mass is 10.2. The van der Waals surface area contributed by atoms with Crippen molar-refractivity contribution in [2.24, 2.45) is 0 Å². The van der Waals surface area contributed by atoms with Crippen molar-refractivity contribution in [1.82, 2.24) is 4.57 Å². The largest absolute Gasteiger partial charge is 0.494 e. The third kappa shape index (κ3) is 3.89. The summed E-state index contributed by atoms with van der Waals surface area (Å²) in [4.78, 5) is 24.0. The van der Waals surface area contributed by atoms with E-state index in [-0.39, 0.29) is 11.5 Å². The maximum atomic E-state index is 12.2. The van der Waals surface area contributed by atoms with Crippen molar-refractivity contribution in [2.45, 2.75) is 19.9 Å². The molecule has 116 valence electrons. The molecule has 1 N–H and O–H groups in total. The Hall–Kier alpha value is -2.27. The van der Waals surface area contributed by atoms with Gasteiger partial charge in [0.25, 0.3) is 5.56 Å². The van der Waals surface area contributed by atoms with Crippen LogP contribution in [0.5, 0.6) is 5.75 Å². The van der Waals surface area contributed by atoms with Crippen LogP contribution in [0.25, 0.3) is 0 Å². The molecule has 1 unspecified atom stereocenters. The zero-order valence-corrected chi connectivity index (χ0v) is 13.1. The molecule has 0 fully saturated rings. The Labute approximate surface area is 133 Å². The lowest BCUT2D eigenvalue weighted by molar-refractivity contribution is -0.118. The van der Waals surface area contributed by atoms with Gasteiger partial charge in [-0.25, -0.2) is 0 Å². The number of rotatable bonds is 5. The third-order valence-corrected chi connectivity index (χ3v) is 3.36. The summed E-state index contributed by atoms with van der Waals surface area (Å²) >= 11 is 5.87. The first kappa shape index (κ1) is 16.1. The first-order valence-corrected chi connectivity index (χ1v) is 7.30. The molecule has 1 aromatic carbocycles. The second-order valence-corrected chi connectivity index (χ2v) is 5.15. The number of nitrogens with one attached hydrogen (secondary N) is 1. The van der Waals surface area contributed by atoms with Crippen LogP contribution in [0.15, 0.2) is 47.4 Å². The van der Waals surface area contributed by atoms with Gasteiger partial charge in [0, 0.05) is 18.0 Å². The van der Waals surface area contributed by atoms with Gasteiger partial charge in [0.1, 0.15) is 11.8 Å². The van der Waals surface area contributed by atoms with Gasteiger partial charge in [-0.3, -0.25) is 9.59 Å². The second kappa shape index (κ2) is 7.13. The molecule has 0 aliphatic heterocycles. The fourth-order valence-electron chi connectivity index (χ4n) is 1.95. The summed E-state index contributed by atoms with van der Waals surface area (Å²) in [5.74, 6) is 0.438. The van der Waals surface area contributed by atoms with Gasteiger partial charge in [-0.1, -0.05) is 11.6 Å². The third-order valence-electron chi connectivity index (χ3n) is 3.13. The van der Waals surface area contributed by atoms with Crippen LogP contribution in [-0.2, 0) is 4.79 Å². The summed E-state index contributed by atoms with van der Waals surface area (Å²) in [6.07, 6.45) is 1.45. The minimum Gasteiger partial charge on any atom is -0.494 e. The molecule has 5 nitrogen and oxygen atoms in total. The lowest BCUT2D eigenvalue weighted by Crippen LogP contribution is -2.30. The Balaban J connectivity index is 2.11. The Kier molecular flexibility index (Phi) is 5.22. The monoisotopic (exact) mass is 320 g/mol. The van der Waals surface area contributed by atoms with Gasteiger partial charge in [-0.15, -0.1) is 0 Å². The molecule has 0 aliphatic carbocycles. The number of anilines is 1. The highest BCUT2D eigenvalue weighted by Crippen LogP contribution is 2.17. The van der Waals surface area contributed by atoms with Crippen LogP contribution >= 0.6 is 11.6 Å². The standard InChI is InChI=1S/C16H17ClN2O3/c1-3-22-14-7-5-13(6-8-14)18-16(21)11(2)19-10-12(17)4-9-15(19)20/h4-11H,3H2,1-2H3,(H,18,21). The van der Waals surface area contributed by atoms with Crippen molar-refractivity contribution in [3.8, 4) is 5.75 Å². The molecule has 0 aliphatic rings. The average molecular weight is 321 g/mol. The molecule has 1 atom stereocenters. The maximum Gasteiger partial charge on any atom is 0.251 e. The Bertz CT molecular complexity index is 710. The quantitative estimate of drug-likeness (QED) is 0.921. The van der Waals surface area contributed by atoms with Crippen LogP contribution in [0, 0.1) is 0 Å². The molecule has 1 aromatic heterocycles. The predicted octanol–water partition coefficient (Wildman–Crippen LogP) is 3.10. The number of aromatic nitrogens is 1. The number of carbonyl (C=O) groups excluding carboxylic acids is 1. The smallest absolute Gasteiger partial charge is 0.251 e. The van der Waals surface area contributed by atoms with E-state index in [1.165, 1.54) is 22.9 Å². The van der Waals surface area contributed by atoms with E-state index >= 15 is 0 Å². The van der Waals surface area contributed by atoms with Crippen LogP contribution in [0.2, 0.25) is 5.02 Å². The van der Waals surface area contributed by atoms with E-state index in [1.54, 1.807) is 31.2 Å². The highest BCUT2D eigenvalue weighted by atomic mass is 35.5. The number of hydrogen-bond acceptors (Lipinski definition) is 3. The van der Waals surface area contributed by atoms with Crippen LogP contribution < -0.4 is 15.6 Å². The van der Waals surface area contributed by atoms with Gasteiger partial charge in [-0.2, -0.15) is 0 Å². The van der Waals surface area contributed by atoms with Crippen molar-refractivity contribution in [3.63, 3.8) is 0 Å². The van der Waals surface area contributed by atoms with Crippen molar-refractivity contribution >= 4 is 23.2 Å². The Morgan fingerprint density at radius 3 is 2.59 bits per heavy atom. The summed E-state index contributed by atoms with van der Waals surface area (Å²) in [7, 11) is 0. The lowest BCUT2D eigenvalue weighted by Gasteiger charge is -2.15. The number of nitrogens with zero attached hydrogens (tertiary/aromatic N) is 1. The average Bonchev–Trinajstić information content (AvgIpc) is 2.51. The Morgan fingerprint density at radius 2 is 1.95 bits per heavy atom. The number of halogens is 1. The maximum absolute atomic E-state index is 12.2. The summed E-state index contributed by atoms with van der Waals surface area (Å²) < 4.78 is 6.64. The number of amides is 1. The van der Waals surface area contributed by atoms with E-state index in [0.717, 1.165) is 5.75 Å². The SMILES string of the molecule is CCOc1ccc(NC(=O)C(C)n2cc(Cl)ccc2=O)cc1. The van der Waals surface area contributed by atoms with Crippen LogP contribution in [0.4, 0.5) is 5.69 Å². The fraction of sp³-hybridized carbons (Fsp3) is 0.250. The molecule has 2 rings (SSSR count). The van der Waals surface area contributed by atoms with Gasteiger partial charge in [0.2, 0.25) is 5.91 Å². The number of ether oxygens (including phenoxy) is 1. The van der Waals surface area contributed by atoms with Crippen molar-refractivity contribution < 1.29 is 9.53 Å². The van der Waals surface area contributed by atoms with E-state index in [9.17, 15) is 9.59 Å². The number of pyridine rings is 1. The first-order chi connectivity index (χ1) is 10.5. The predicted molar refractivity (Wildman–Crippen MR) is 86.7 cm³/mol. The number of carbonyl (C=O) groups is 1. The molecule has 0 spiro atoms. The van der Waals surface area contributed by atoms with Crippen molar-refractivity contribution in [2.75, 3.05) is 11.9 Å². The van der Waals surface area contributed by atoms with Gasteiger partial charge in [0.05, 0.1) is 11.6 Å². The van der Waals surface area contributed by atoms with E-state index in [0.29, 0.717) is 17.3 Å². The van der Waals surface area contributed by atoms with E-state index in [1.807, 2.05) is 6.92 Å². The van der Waals surface area contributed by atoms with Crippen LogP contribution in [-0.4, -0.2) is 17.1 Å². The first-order valence-electron chi connectivity index (χ1n) is 6.92. The molecular formula is C16H17ClN2O3. The van der Waals surface area contributed by atoms with E-state index in [2.05, 4.69) is 5.32 Å². The fourth-order valence-corrected chi connectivity index (χ4v) is 2.12. The molecule has 1 heterocycles. The number of hydrogen-bond donors (Lipinski definition) is 1. The molecule has 2 aromatic rings. The van der Waals surface area contributed by atoms with Crippen molar-refractivity contribution in [3.05, 3.63) is 58.0 Å². The highest BCUT2D eigenvalue weighted by Gasteiger charge is 2.16. The van der Waals surface area contributed by atoms with Crippen LogP contribution in [0.3, 0.4) is 0 Å². The van der Waals surface area contributed by atoms with E-state index in [4.69, 9.17) is 16.3 Å². The highest BCUT2D eigenvalue weighted by molar-refractivity contribution is 6.30. The molecule has 6 heteroatoms. The normalized spacial score (nSPS) is 11.8. The zero-order valence-electron chi connectivity index (χ0n) is 12.4. The Morgan fingerprint density at radius 1 is 1.27 bits per heavy atom. The number of benzene rings is 1. The van der Waals surface area contributed by atoms with Crippen molar-refractivity contribution in [1.29, 1.82) is 0 Å². The molecule has 0 saturated carbocycles. The molecule has 1 amide bonds. The van der Waals surface area contributed by atoms with Gasteiger partial charge < -0.3 is 14.6 Å². The van der Waals surface area contributed by atoms with Gasteiger partial charge in [0.15, 0.2) is 0 Å². The minimum atomic E-state index is -0.669. The van der Waals surface area contributed by atoms with Crippen LogP contribution in [0.1, 0.15) is 19.9 Å². The molecule has 0 radical (unpaired) electrons. The topological polar surface area (TPSA) is 60.3 Å². The zero-order chi connectivity index (χ0) is 16.1. The molecular weight excluding hydrogens is 304 g/mol. The summed E-state index contributed by atoms with van der Waals surface area (Å²) in [5.41, 5.74) is 0.356. The molecule has 0 bridgehead atoms. The summed E-state index contributed by atoms with van der Waals surface area (Å²) in [6.45, 7) is 4.13. The van der Waals surface area contributed by atoms with Gasteiger partial charge >= 0.3 is 0 Å². The van der Waals surface area contributed by atoms with Gasteiger partial charge in [-0.05, 0) is 44.2 Å². The van der Waals surface area contributed by atoms with E-state index < -0.39 is 6.04 Å². The second-order valence-electron chi connectivity index (χ2n) is 4.72. The summed E-state index contributed by atoms with van der Waals surface area (Å²) in [5, 5.41) is 3.16. The minimum absolute atomic E-state index is 0.279. The summed E-state index contributed by atoms with van der Waals surface area (Å²) in [6, 6.07) is 9.20. The molecule has 0 saturated heterocycles.